The number of benzene rings is 1. The number of oxazole rings is 1. The highest BCUT2D eigenvalue weighted by atomic mass is 35.5. The Hall–Kier alpha value is -1.68. The number of rotatable bonds is 3. The summed E-state index contributed by atoms with van der Waals surface area (Å²) in [7, 11) is 0. The molecule has 0 amide bonds. The molecule has 2 rings (SSSR count). The fourth-order valence-corrected chi connectivity index (χ4v) is 1.76. The van der Waals surface area contributed by atoms with Gasteiger partial charge in [0.15, 0.2) is 0 Å². The van der Waals surface area contributed by atoms with Crippen molar-refractivity contribution in [3.8, 4) is 0 Å². The van der Waals surface area contributed by atoms with E-state index in [9.17, 15) is 0 Å². The molecule has 0 bridgehead atoms. The topological polar surface area (TPSA) is 64.1 Å². The molecule has 0 aliphatic heterocycles. The average molecular weight is 252 g/mol. The van der Waals surface area contributed by atoms with Crippen LogP contribution in [-0.4, -0.2) is 4.98 Å². The van der Waals surface area contributed by atoms with E-state index in [0.717, 1.165) is 11.4 Å². The van der Waals surface area contributed by atoms with Crippen molar-refractivity contribution in [3.05, 3.63) is 41.1 Å². The van der Waals surface area contributed by atoms with Crippen LogP contribution in [0.3, 0.4) is 0 Å². The fraction of sp³-hybridized carbons (Fsp3) is 0.250. The largest absolute Gasteiger partial charge is 0.444 e. The fourth-order valence-electron chi connectivity index (χ4n) is 1.52. The zero-order chi connectivity index (χ0) is 12.4. The van der Waals surface area contributed by atoms with Gasteiger partial charge in [-0.15, -0.1) is 0 Å². The third kappa shape index (κ3) is 2.71. The van der Waals surface area contributed by atoms with Crippen LogP contribution in [0, 0.1) is 6.92 Å². The Morgan fingerprint density at radius 2 is 2.24 bits per heavy atom. The highest BCUT2D eigenvalue weighted by molar-refractivity contribution is 6.33. The number of hydrogen-bond acceptors (Lipinski definition) is 4. The van der Waals surface area contributed by atoms with Gasteiger partial charge in [0, 0.05) is 5.69 Å². The standard InChI is InChI=1S/C12H14ClN3O/c1-7-6-15-12(17-7)8(2)16-11-4-3-9(14)5-10(11)13/h3-6,8,16H,14H2,1-2H3. The van der Waals surface area contributed by atoms with Crippen molar-refractivity contribution in [2.45, 2.75) is 19.9 Å². The van der Waals surface area contributed by atoms with Crippen LogP contribution in [0.1, 0.15) is 24.6 Å². The first-order valence-electron chi connectivity index (χ1n) is 5.30. The smallest absolute Gasteiger partial charge is 0.216 e. The molecular formula is C12H14ClN3O. The molecule has 0 fully saturated rings. The molecule has 3 N–H and O–H groups in total. The number of nitrogen functional groups attached to an aromatic ring is 1. The van der Waals surface area contributed by atoms with Gasteiger partial charge in [-0.1, -0.05) is 11.6 Å². The number of anilines is 2. The van der Waals surface area contributed by atoms with Crippen molar-refractivity contribution in [2.24, 2.45) is 0 Å². The SMILES string of the molecule is Cc1cnc(C(C)Nc2ccc(N)cc2Cl)o1. The lowest BCUT2D eigenvalue weighted by Crippen LogP contribution is -2.07. The van der Waals surface area contributed by atoms with Gasteiger partial charge in [0.1, 0.15) is 11.8 Å². The van der Waals surface area contributed by atoms with Crippen LogP contribution in [-0.2, 0) is 0 Å². The molecule has 4 nitrogen and oxygen atoms in total. The van der Waals surface area contributed by atoms with Crippen LogP contribution in [0.15, 0.2) is 28.8 Å². The predicted octanol–water partition coefficient (Wildman–Crippen LogP) is 3.39. The molecule has 5 heteroatoms. The molecule has 0 aliphatic carbocycles. The molecular weight excluding hydrogens is 238 g/mol. The van der Waals surface area contributed by atoms with Gasteiger partial charge in [0.05, 0.1) is 16.9 Å². The van der Waals surface area contributed by atoms with Crippen molar-refractivity contribution < 1.29 is 4.42 Å². The maximum absolute atomic E-state index is 6.07. The molecule has 0 aliphatic rings. The van der Waals surface area contributed by atoms with E-state index in [1.54, 1.807) is 18.3 Å². The maximum Gasteiger partial charge on any atom is 0.216 e. The number of nitrogens with two attached hydrogens (primary N) is 1. The molecule has 1 unspecified atom stereocenters. The Balaban J connectivity index is 2.15. The van der Waals surface area contributed by atoms with Gasteiger partial charge in [-0.05, 0) is 32.0 Å². The first kappa shape index (κ1) is 11.8. The normalized spacial score (nSPS) is 12.4. The van der Waals surface area contributed by atoms with E-state index in [-0.39, 0.29) is 6.04 Å². The summed E-state index contributed by atoms with van der Waals surface area (Å²) in [5, 5.41) is 3.81. The number of nitrogens with one attached hydrogen (secondary N) is 1. The molecule has 0 radical (unpaired) electrons. The lowest BCUT2D eigenvalue weighted by Gasteiger charge is -2.13. The molecule has 90 valence electrons. The third-order valence-corrected chi connectivity index (χ3v) is 2.69. The molecule has 1 heterocycles. The predicted molar refractivity (Wildman–Crippen MR) is 69.1 cm³/mol. The van der Waals surface area contributed by atoms with E-state index in [1.807, 2.05) is 19.9 Å². The second-order valence-corrected chi connectivity index (χ2v) is 4.32. The van der Waals surface area contributed by atoms with E-state index in [2.05, 4.69) is 10.3 Å². The summed E-state index contributed by atoms with van der Waals surface area (Å²) in [6.45, 7) is 3.82. The van der Waals surface area contributed by atoms with E-state index in [4.69, 9.17) is 21.8 Å². The van der Waals surface area contributed by atoms with Crippen LogP contribution in [0.2, 0.25) is 5.02 Å². The Bertz CT molecular complexity index is 524. The molecule has 0 spiro atoms. The minimum atomic E-state index is -0.0511. The summed E-state index contributed by atoms with van der Waals surface area (Å²) >= 11 is 6.07. The van der Waals surface area contributed by atoms with Gasteiger partial charge < -0.3 is 15.5 Å². The minimum Gasteiger partial charge on any atom is -0.444 e. The third-order valence-electron chi connectivity index (χ3n) is 2.37. The van der Waals surface area contributed by atoms with Crippen molar-refractivity contribution >= 4 is 23.0 Å². The zero-order valence-electron chi connectivity index (χ0n) is 9.70. The van der Waals surface area contributed by atoms with Gasteiger partial charge in [0.2, 0.25) is 5.89 Å². The second kappa shape index (κ2) is 4.67. The highest BCUT2D eigenvalue weighted by Crippen LogP contribution is 2.27. The van der Waals surface area contributed by atoms with E-state index in [0.29, 0.717) is 16.6 Å². The molecule has 1 atom stereocenters. The molecule has 1 aromatic heterocycles. The number of nitrogens with zero attached hydrogens (tertiary/aromatic N) is 1. The number of aryl methyl sites for hydroxylation is 1. The molecule has 2 aromatic rings. The first-order valence-corrected chi connectivity index (χ1v) is 5.68. The molecule has 0 saturated carbocycles. The molecule has 1 aromatic carbocycles. The lowest BCUT2D eigenvalue weighted by molar-refractivity contribution is 0.454. The maximum atomic E-state index is 6.07. The average Bonchev–Trinajstić information content (AvgIpc) is 2.69. The number of halogens is 1. The Morgan fingerprint density at radius 1 is 1.47 bits per heavy atom. The van der Waals surface area contributed by atoms with Crippen LogP contribution < -0.4 is 11.1 Å². The Morgan fingerprint density at radius 3 is 2.82 bits per heavy atom. The number of hydrogen-bond donors (Lipinski definition) is 2. The highest BCUT2D eigenvalue weighted by Gasteiger charge is 2.12. The van der Waals surface area contributed by atoms with Gasteiger partial charge in [0.25, 0.3) is 0 Å². The second-order valence-electron chi connectivity index (χ2n) is 3.91. The van der Waals surface area contributed by atoms with Crippen LogP contribution in [0.5, 0.6) is 0 Å². The Labute approximate surface area is 105 Å². The van der Waals surface area contributed by atoms with Gasteiger partial charge in [-0.25, -0.2) is 4.98 Å². The quantitative estimate of drug-likeness (QED) is 0.821. The summed E-state index contributed by atoms with van der Waals surface area (Å²) in [6.07, 6.45) is 1.69. The van der Waals surface area contributed by atoms with Crippen LogP contribution >= 0.6 is 11.6 Å². The first-order chi connectivity index (χ1) is 8.06. The van der Waals surface area contributed by atoms with Crippen molar-refractivity contribution in [3.63, 3.8) is 0 Å². The van der Waals surface area contributed by atoms with Crippen molar-refractivity contribution in [1.29, 1.82) is 0 Å². The van der Waals surface area contributed by atoms with Crippen molar-refractivity contribution in [1.82, 2.24) is 4.98 Å². The number of aromatic nitrogens is 1. The summed E-state index contributed by atoms with van der Waals surface area (Å²) in [4.78, 5) is 4.16. The van der Waals surface area contributed by atoms with E-state index >= 15 is 0 Å². The summed E-state index contributed by atoms with van der Waals surface area (Å²) in [6, 6.07) is 5.29. The van der Waals surface area contributed by atoms with Crippen LogP contribution in [0.4, 0.5) is 11.4 Å². The lowest BCUT2D eigenvalue weighted by atomic mass is 10.2. The van der Waals surface area contributed by atoms with Crippen LogP contribution in [0.25, 0.3) is 0 Å². The van der Waals surface area contributed by atoms with E-state index in [1.165, 1.54) is 0 Å². The summed E-state index contributed by atoms with van der Waals surface area (Å²) in [5.74, 6) is 1.42. The van der Waals surface area contributed by atoms with E-state index < -0.39 is 0 Å². The van der Waals surface area contributed by atoms with Crippen molar-refractivity contribution in [2.75, 3.05) is 11.1 Å². The minimum absolute atomic E-state index is 0.0511. The molecule has 0 saturated heterocycles. The summed E-state index contributed by atoms with van der Waals surface area (Å²) in [5.41, 5.74) is 7.08. The van der Waals surface area contributed by atoms with Gasteiger partial charge in [-0.3, -0.25) is 0 Å². The summed E-state index contributed by atoms with van der Waals surface area (Å²) < 4.78 is 5.44. The monoisotopic (exact) mass is 251 g/mol. The van der Waals surface area contributed by atoms with Gasteiger partial charge >= 0.3 is 0 Å². The Kier molecular flexibility index (Phi) is 3.24. The molecule has 17 heavy (non-hydrogen) atoms. The zero-order valence-corrected chi connectivity index (χ0v) is 10.5. The van der Waals surface area contributed by atoms with Gasteiger partial charge in [-0.2, -0.15) is 0 Å².